The third-order valence-electron chi connectivity index (χ3n) is 12.2. The second kappa shape index (κ2) is 47.2. The van der Waals surface area contributed by atoms with Gasteiger partial charge in [-0.05, 0) is 109 Å². The van der Waals surface area contributed by atoms with Gasteiger partial charge in [0.1, 0.15) is 24.4 Å². The number of aliphatic hydroxyl groups is 5. The molecule has 1 aliphatic rings. The zero-order valence-corrected chi connectivity index (χ0v) is 43.2. The van der Waals surface area contributed by atoms with Crippen LogP contribution in [-0.2, 0) is 23.8 Å². The molecule has 69 heavy (non-hydrogen) atoms. The Balaban J connectivity index is 2.19. The maximum atomic E-state index is 13.0. The molecule has 7 atom stereocenters. The molecule has 0 radical (unpaired) electrons. The smallest absolute Gasteiger partial charge is 0.305 e. The molecule has 11 heteroatoms. The van der Waals surface area contributed by atoms with Crippen molar-refractivity contribution in [3.63, 3.8) is 0 Å². The van der Waals surface area contributed by atoms with E-state index in [0.29, 0.717) is 32.3 Å². The summed E-state index contributed by atoms with van der Waals surface area (Å²) in [6, 6.07) is -0.853. The average Bonchev–Trinajstić information content (AvgIpc) is 3.34. The largest absolute Gasteiger partial charge is 0.466 e. The molecule has 0 spiro atoms. The fourth-order valence-corrected chi connectivity index (χ4v) is 7.75. The fraction of sp³-hybridized carbons (Fsp3) is 0.724. The standard InChI is InChI=1S/C58H99NO10/c1-3-5-7-9-11-13-15-17-22-26-30-34-38-42-46-54(63)67-47-43-39-35-31-27-23-20-18-19-21-25-29-33-37-41-45-53(62)59-50(49-68-58-57(66)56(65)55(64)52(48-60)69-58)51(61)44-40-36-32-28-24-16-14-12-10-8-6-4-2/h9-12,15,17-18,20,23-24,27-28,40,44,50-52,55-58,60-61,64-66H,3-8,13-14,16,19,21-22,25-26,29-39,41-43,45-49H2,1-2H3,(H,59,62)/b11-9-,12-10+,17-15-,20-18-,27-23-,28-24+,44-40+. The molecule has 1 amide bonds. The monoisotopic (exact) mass is 970 g/mol. The first-order valence-corrected chi connectivity index (χ1v) is 27.4. The van der Waals surface area contributed by atoms with Crippen LogP contribution in [0.15, 0.2) is 85.1 Å². The van der Waals surface area contributed by atoms with Crippen LogP contribution >= 0.6 is 0 Å². The number of carbonyl (C=O) groups is 2. The van der Waals surface area contributed by atoms with Gasteiger partial charge in [0, 0.05) is 12.8 Å². The van der Waals surface area contributed by atoms with Crippen LogP contribution in [0.1, 0.15) is 206 Å². The Morgan fingerprint density at radius 1 is 0.551 bits per heavy atom. The lowest BCUT2D eigenvalue weighted by molar-refractivity contribution is -0.302. The summed E-state index contributed by atoms with van der Waals surface area (Å²) in [6.45, 7) is 4.12. The van der Waals surface area contributed by atoms with Gasteiger partial charge in [0.2, 0.25) is 5.91 Å². The Morgan fingerprint density at radius 2 is 1.03 bits per heavy atom. The number of ether oxygens (including phenoxy) is 3. The van der Waals surface area contributed by atoms with Gasteiger partial charge in [-0.1, -0.05) is 170 Å². The van der Waals surface area contributed by atoms with Gasteiger partial charge >= 0.3 is 5.97 Å². The molecule has 0 aliphatic carbocycles. The zero-order chi connectivity index (χ0) is 50.3. The first-order valence-electron chi connectivity index (χ1n) is 27.4. The van der Waals surface area contributed by atoms with E-state index in [-0.39, 0.29) is 18.5 Å². The van der Waals surface area contributed by atoms with Crippen molar-refractivity contribution in [1.29, 1.82) is 0 Å². The van der Waals surface area contributed by atoms with E-state index in [4.69, 9.17) is 14.2 Å². The molecule has 1 heterocycles. The molecule has 0 aromatic rings. The SMILES string of the molecule is CCCC/C=C\C/C=C\CCCCCCCC(=O)OCCCCC/C=C\C=C/CCCCCCCCC(=O)NC(COC1OC(CO)C(O)C(O)C1O)C(O)/C=C/CC/C=C/CC/C=C/CCCC. The molecule has 0 aromatic carbocycles. The molecule has 0 bridgehead atoms. The number of allylic oxidation sites excluding steroid dienone is 13. The van der Waals surface area contributed by atoms with Crippen LogP contribution in [0.2, 0.25) is 0 Å². The molecule has 6 N–H and O–H groups in total. The number of amides is 1. The summed E-state index contributed by atoms with van der Waals surface area (Å²) >= 11 is 0. The minimum absolute atomic E-state index is 0.0587. The van der Waals surface area contributed by atoms with Crippen molar-refractivity contribution in [2.45, 2.75) is 249 Å². The predicted molar refractivity (Wildman–Crippen MR) is 282 cm³/mol. The second-order valence-corrected chi connectivity index (χ2v) is 18.6. The quantitative estimate of drug-likeness (QED) is 0.0149. The van der Waals surface area contributed by atoms with Gasteiger partial charge in [0.15, 0.2) is 6.29 Å². The number of hydrogen-bond donors (Lipinski definition) is 6. The average molecular weight is 970 g/mol. The zero-order valence-electron chi connectivity index (χ0n) is 43.2. The second-order valence-electron chi connectivity index (χ2n) is 18.6. The third kappa shape index (κ3) is 37.3. The van der Waals surface area contributed by atoms with Gasteiger partial charge in [0.05, 0.1) is 32.0 Å². The summed E-state index contributed by atoms with van der Waals surface area (Å²) in [6.07, 6.45) is 52.3. The number of nitrogens with one attached hydrogen (secondary N) is 1. The maximum absolute atomic E-state index is 13.0. The van der Waals surface area contributed by atoms with E-state index < -0.39 is 49.5 Å². The molecule has 0 aromatic heterocycles. The summed E-state index contributed by atoms with van der Waals surface area (Å²) in [7, 11) is 0. The number of rotatable bonds is 45. The summed E-state index contributed by atoms with van der Waals surface area (Å²) in [5.74, 6) is -0.282. The van der Waals surface area contributed by atoms with E-state index in [1.54, 1.807) is 6.08 Å². The number of unbranched alkanes of at least 4 members (excludes halogenated alkanes) is 20. The van der Waals surface area contributed by atoms with Crippen LogP contribution in [-0.4, -0.2) is 100 Å². The van der Waals surface area contributed by atoms with Gasteiger partial charge in [-0.25, -0.2) is 0 Å². The lowest BCUT2D eigenvalue weighted by Gasteiger charge is -2.40. The molecule has 7 unspecified atom stereocenters. The molecule has 11 nitrogen and oxygen atoms in total. The van der Waals surface area contributed by atoms with Crippen molar-refractivity contribution >= 4 is 11.9 Å². The van der Waals surface area contributed by atoms with Crippen LogP contribution in [0, 0.1) is 0 Å². The van der Waals surface area contributed by atoms with Gasteiger partial charge in [-0.3, -0.25) is 9.59 Å². The molecular formula is C58H99NO10. The molecule has 1 rings (SSSR count). The lowest BCUT2D eigenvalue weighted by Crippen LogP contribution is -2.60. The minimum atomic E-state index is -1.59. The fourth-order valence-electron chi connectivity index (χ4n) is 7.75. The maximum Gasteiger partial charge on any atom is 0.305 e. The van der Waals surface area contributed by atoms with E-state index in [2.05, 4.69) is 92.1 Å². The van der Waals surface area contributed by atoms with E-state index in [9.17, 15) is 35.1 Å². The van der Waals surface area contributed by atoms with E-state index in [1.165, 1.54) is 51.4 Å². The summed E-state index contributed by atoms with van der Waals surface area (Å²) in [4.78, 5) is 25.0. The number of aliphatic hydroxyl groups excluding tert-OH is 5. The minimum Gasteiger partial charge on any atom is -0.466 e. The van der Waals surface area contributed by atoms with Crippen molar-refractivity contribution in [3.05, 3.63) is 85.1 Å². The first-order chi connectivity index (χ1) is 33.7. The van der Waals surface area contributed by atoms with Crippen molar-refractivity contribution in [1.82, 2.24) is 5.32 Å². The van der Waals surface area contributed by atoms with E-state index in [1.807, 2.05) is 6.08 Å². The highest BCUT2D eigenvalue weighted by atomic mass is 16.7. The summed E-state index contributed by atoms with van der Waals surface area (Å²) in [5, 5.41) is 54.2. The molecule has 1 aliphatic heterocycles. The summed E-state index contributed by atoms with van der Waals surface area (Å²) < 4.78 is 16.6. The van der Waals surface area contributed by atoms with Crippen LogP contribution < -0.4 is 5.32 Å². The molecule has 0 saturated carbocycles. The van der Waals surface area contributed by atoms with Crippen molar-refractivity contribution < 1.29 is 49.3 Å². The van der Waals surface area contributed by atoms with Gasteiger partial charge in [-0.15, -0.1) is 0 Å². The Kier molecular flexibility index (Phi) is 43.7. The first kappa shape index (κ1) is 63.9. The molecular weight excluding hydrogens is 871 g/mol. The van der Waals surface area contributed by atoms with E-state index in [0.717, 1.165) is 116 Å². The van der Waals surface area contributed by atoms with E-state index >= 15 is 0 Å². The van der Waals surface area contributed by atoms with Crippen LogP contribution in [0.25, 0.3) is 0 Å². The number of esters is 1. The Morgan fingerprint density at radius 3 is 1.61 bits per heavy atom. The van der Waals surface area contributed by atoms with Crippen LogP contribution in [0.5, 0.6) is 0 Å². The Bertz CT molecular complexity index is 1420. The topological polar surface area (TPSA) is 175 Å². The molecule has 396 valence electrons. The summed E-state index contributed by atoms with van der Waals surface area (Å²) in [5.41, 5.74) is 0. The van der Waals surface area contributed by atoms with Crippen molar-refractivity contribution in [2.24, 2.45) is 0 Å². The number of hydrogen-bond acceptors (Lipinski definition) is 10. The van der Waals surface area contributed by atoms with Crippen molar-refractivity contribution in [2.75, 3.05) is 19.8 Å². The highest BCUT2D eigenvalue weighted by Crippen LogP contribution is 2.22. The third-order valence-corrected chi connectivity index (χ3v) is 12.2. The molecule has 1 fully saturated rings. The molecule has 1 saturated heterocycles. The van der Waals surface area contributed by atoms with Gasteiger partial charge in [0.25, 0.3) is 0 Å². The highest BCUT2D eigenvalue weighted by Gasteiger charge is 2.44. The van der Waals surface area contributed by atoms with Gasteiger partial charge < -0.3 is 45.1 Å². The normalized spacial score (nSPS) is 20.0. The lowest BCUT2D eigenvalue weighted by atomic mass is 9.99. The van der Waals surface area contributed by atoms with Gasteiger partial charge in [-0.2, -0.15) is 0 Å². The number of carbonyl (C=O) groups excluding carboxylic acids is 2. The van der Waals surface area contributed by atoms with Crippen molar-refractivity contribution in [3.8, 4) is 0 Å². The highest BCUT2D eigenvalue weighted by molar-refractivity contribution is 5.76. The predicted octanol–water partition coefficient (Wildman–Crippen LogP) is 11.8. The Labute approximate surface area is 419 Å². The Hall–Kier alpha value is -3.16. The van der Waals surface area contributed by atoms with Crippen LogP contribution in [0.3, 0.4) is 0 Å². The van der Waals surface area contributed by atoms with Crippen LogP contribution in [0.4, 0.5) is 0 Å².